The highest BCUT2D eigenvalue weighted by atomic mass is 35.5. The Morgan fingerprint density at radius 3 is 2.67 bits per heavy atom. The molecule has 1 aromatic heterocycles. The van der Waals surface area contributed by atoms with Crippen molar-refractivity contribution in [1.82, 2.24) is 10.6 Å². The molecule has 0 saturated carbocycles. The van der Waals surface area contributed by atoms with Crippen LogP contribution in [0, 0.1) is 5.41 Å². The number of hydrogen-bond donors (Lipinski definition) is 5. The molecule has 0 fully saturated rings. The molecular formula is C19H22ClN5O4S. The van der Waals surface area contributed by atoms with Crippen molar-refractivity contribution in [2.75, 3.05) is 18.5 Å². The maximum atomic E-state index is 12.3. The number of halogens is 1. The first-order valence-electron chi connectivity index (χ1n) is 8.98. The average molecular weight is 452 g/mol. The van der Waals surface area contributed by atoms with Crippen molar-refractivity contribution in [2.24, 2.45) is 5.73 Å². The van der Waals surface area contributed by atoms with Crippen LogP contribution in [0.1, 0.15) is 34.6 Å². The molecule has 6 N–H and O–H groups in total. The molecule has 30 heavy (non-hydrogen) atoms. The third-order valence-corrected chi connectivity index (χ3v) is 5.13. The summed E-state index contributed by atoms with van der Waals surface area (Å²) < 4.78 is 5.69. The summed E-state index contributed by atoms with van der Waals surface area (Å²) in [6.07, 6.45) is 0.222. The molecule has 0 radical (unpaired) electrons. The van der Waals surface area contributed by atoms with Gasteiger partial charge in [-0.05, 0) is 30.3 Å². The quantitative estimate of drug-likeness (QED) is 0.224. The lowest BCUT2D eigenvalue weighted by Crippen LogP contribution is -2.40. The first kappa shape index (κ1) is 23.2. The zero-order valence-electron chi connectivity index (χ0n) is 16.2. The highest BCUT2D eigenvalue weighted by Crippen LogP contribution is 2.27. The average Bonchev–Trinajstić information content (AvgIpc) is 3.14. The van der Waals surface area contributed by atoms with Crippen LogP contribution in [0.5, 0.6) is 0 Å². The van der Waals surface area contributed by atoms with Gasteiger partial charge in [0.15, 0.2) is 5.96 Å². The van der Waals surface area contributed by atoms with Crippen LogP contribution in [0.25, 0.3) is 0 Å². The third-order valence-electron chi connectivity index (χ3n) is 3.79. The largest absolute Gasteiger partial charge is 0.463 e. The van der Waals surface area contributed by atoms with E-state index in [4.69, 9.17) is 27.5 Å². The lowest BCUT2D eigenvalue weighted by molar-refractivity contribution is -0.144. The zero-order chi connectivity index (χ0) is 22.1. The van der Waals surface area contributed by atoms with Gasteiger partial charge in [-0.25, -0.2) is 0 Å². The van der Waals surface area contributed by atoms with Crippen molar-refractivity contribution in [2.45, 2.75) is 19.4 Å². The second kappa shape index (κ2) is 11.2. The van der Waals surface area contributed by atoms with E-state index in [-0.39, 0.29) is 31.5 Å². The van der Waals surface area contributed by atoms with Crippen molar-refractivity contribution in [3.8, 4) is 0 Å². The van der Waals surface area contributed by atoms with Gasteiger partial charge in [0.05, 0.1) is 16.9 Å². The van der Waals surface area contributed by atoms with Gasteiger partial charge in [0, 0.05) is 22.5 Å². The number of thiophene rings is 1. The molecule has 0 spiro atoms. The van der Waals surface area contributed by atoms with Crippen LogP contribution >= 0.6 is 22.9 Å². The van der Waals surface area contributed by atoms with Gasteiger partial charge in [0.25, 0.3) is 5.91 Å². The lowest BCUT2D eigenvalue weighted by atomic mass is 10.2. The second-order valence-electron chi connectivity index (χ2n) is 6.10. The first-order chi connectivity index (χ1) is 14.3. The molecule has 1 atom stereocenters. The van der Waals surface area contributed by atoms with Crippen LogP contribution in [-0.4, -0.2) is 36.9 Å². The van der Waals surface area contributed by atoms with Crippen molar-refractivity contribution in [1.29, 1.82) is 5.41 Å². The van der Waals surface area contributed by atoms with Gasteiger partial charge in [-0.15, -0.1) is 11.3 Å². The van der Waals surface area contributed by atoms with E-state index < -0.39 is 17.9 Å². The van der Waals surface area contributed by atoms with Gasteiger partial charge in [0.2, 0.25) is 5.91 Å². The number of nitrogens with two attached hydrogens (primary N) is 1. The van der Waals surface area contributed by atoms with Gasteiger partial charge in [-0.3, -0.25) is 19.8 Å². The standard InChI is InChI=1S/C19H22ClN5O4S/c1-2-17(27)29-10-13(14-6-7-15(20)30-14)25-16(26)9-23-18(28)11-4-3-5-12(8-11)24-19(21)22/h3-8,13H,2,9-10H2,1H3,(H,23,28)(H,25,26)(H4,21,22,24). The van der Waals surface area contributed by atoms with E-state index >= 15 is 0 Å². The number of ether oxygens (including phenoxy) is 1. The highest BCUT2D eigenvalue weighted by molar-refractivity contribution is 7.16. The predicted molar refractivity (Wildman–Crippen MR) is 116 cm³/mol. The Bertz CT molecular complexity index is 933. The monoisotopic (exact) mass is 451 g/mol. The minimum absolute atomic E-state index is 0.0397. The van der Waals surface area contributed by atoms with Crippen LogP contribution in [0.2, 0.25) is 4.34 Å². The summed E-state index contributed by atoms with van der Waals surface area (Å²) >= 11 is 7.22. The normalized spacial score (nSPS) is 11.3. The van der Waals surface area contributed by atoms with E-state index in [9.17, 15) is 14.4 Å². The molecule has 2 aromatic rings. The summed E-state index contributed by atoms with van der Waals surface area (Å²) in [6.45, 7) is 1.36. The van der Waals surface area contributed by atoms with Crippen molar-refractivity contribution in [3.05, 3.63) is 51.2 Å². The summed E-state index contributed by atoms with van der Waals surface area (Å²) in [7, 11) is 0. The van der Waals surface area contributed by atoms with E-state index in [0.717, 1.165) is 4.88 Å². The number of hydrogen-bond acceptors (Lipinski definition) is 6. The molecule has 1 aromatic carbocycles. The maximum Gasteiger partial charge on any atom is 0.305 e. The number of guanidine groups is 1. The van der Waals surface area contributed by atoms with E-state index in [1.807, 2.05) is 0 Å². The number of nitrogens with one attached hydrogen (secondary N) is 4. The number of benzene rings is 1. The summed E-state index contributed by atoms with van der Waals surface area (Å²) in [5.74, 6) is -1.56. The summed E-state index contributed by atoms with van der Waals surface area (Å²) in [5.41, 5.74) is 6.05. The Morgan fingerprint density at radius 2 is 2.03 bits per heavy atom. The predicted octanol–water partition coefficient (Wildman–Crippen LogP) is 2.25. The molecule has 11 heteroatoms. The molecular weight excluding hydrogens is 430 g/mol. The van der Waals surface area contributed by atoms with Gasteiger partial charge < -0.3 is 26.4 Å². The summed E-state index contributed by atoms with van der Waals surface area (Å²) in [6, 6.07) is 9.20. The molecule has 1 heterocycles. The van der Waals surface area contributed by atoms with Gasteiger partial charge >= 0.3 is 5.97 Å². The summed E-state index contributed by atoms with van der Waals surface area (Å²) in [5, 5.41) is 15.1. The van der Waals surface area contributed by atoms with E-state index in [1.54, 1.807) is 37.3 Å². The summed E-state index contributed by atoms with van der Waals surface area (Å²) in [4.78, 5) is 36.8. The number of carbonyl (C=O) groups is 3. The minimum atomic E-state index is -0.578. The molecule has 160 valence electrons. The number of amides is 2. The third kappa shape index (κ3) is 7.37. The Kier molecular flexibility index (Phi) is 8.63. The number of esters is 1. The maximum absolute atomic E-state index is 12.3. The van der Waals surface area contributed by atoms with E-state index in [2.05, 4.69) is 16.0 Å². The van der Waals surface area contributed by atoms with Crippen molar-refractivity contribution >= 4 is 52.4 Å². The molecule has 2 amide bonds. The Morgan fingerprint density at radius 1 is 1.27 bits per heavy atom. The van der Waals surface area contributed by atoms with Crippen LogP contribution in [0.15, 0.2) is 36.4 Å². The first-order valence-corrected chi connectivity index (χ1v) is 10.2. The van der Waals surface area contributed by atoms with Crippen LogP contribution < -0.4 is 21.7 Å². The van der Waals surface area contributed by atoms with Crippen LogP contribution in [0.3, 0.4) is 0 Å². The number of rotatable bonds is 9. The fraction of sp³-hybridized carbons (Fsp3) is 0.263. The van der Waals surface area contributed by atoms with E-state index in [1.165, 1.54) is 17.4 Å². The molecule has 0 saturated heterocycles. The smallest absolute Gasteiger partial charge is 0.305 e. The molecule has 0 bridgehead atoms. The van der Waals surface area contributed by atoms with Gasteiger partial charge in [0.1, 0.15) is 6.61 Å². The second-order valence-corrected chi connectivity index (χ2v) is 7.85. The highest BCUT2D eigenvalue weighted by Gasteiger charge is 2.19. The molecule has 0 aliphatic rings. The minimum Gasteiger partial charge on any atom is -0.463 e. The number of anilines is 1. The Labute approximate surface area is 182 Å². The lowest BCUT2D eigenvalue weighted by Gasteiger charge is -2.18. The number of carbonyl (C=O) groups excluding carboxylic acids is 3. The molecule has 1 unspecified atom stereocenters. The molecule has 0 aliphatic carbocycles. The SMILES string of the molecule is CCC(=O)OCC(NC(=O)CNC(=O)c1cccc(NC(=N)N)c1)c1ccc(Cl)s1. The van der Waals surface area contributed by atoms with Gasteiger partial charge in [-0.2, -0.15) is 0 Å². The topological polar surface area (TPSA) is 146 Å². The van der Waals surface area contributed by atoms with Crippen LogP contribution in [0.4, 0.5) is 5.69 Å². The van der Waals surface area contributed by atoms with Crippen LogP contribution in [-0.2, 0) is 14.3 Å². The van der Waals surface area contributed by atoms with Crippen molar-refractivity contribution < 1.29 is 19.1 Å². The Hall–Kier alpha value is -3.11. The fourth-order valence-corrected chi connectivity index (χ4v) is 3.49. The zero-order valence-corrected chi connectivity index (χ0v) is 17.7. The fourth-order valence-electron chi connectivity index (χ4n) is 2.39. The molecule has 9 nitrogen and oxygen atoms in total. The van der Waals surface area contributed by atoms with Crippen molar-refractivity contribution in [3.63, 3.8) is 0 Å². The Balaban J connectivity index is 1.95. The molecule has 0 aliphatic heterocycles. The van der Waals surface area contributed by atoms with Gasteiger partial charge in [-0.1, -0.05) is 24.6 Å². The van der Waals surface area contributed by atoms with E-state index in [0.29, 0.717) is 15.6 Å². The molecule has 2 rings (SSSR count).